The van der Waals surface area contributed by atoms with Crippen LogP contribution in [0.4, 0.5) is 8.78 Å². The molecule has 0 amide bonds. The van der Waals surface area contributed by atoms with Crippen molar-refractivity contribution in [3.05, 3.63) is 29.8 Å². The standard InChI is InChI=1S/C15H23F2NOS/c1-4-20-10-9-11(2)18-12(3)13-5-7-14(8-6-13)19-15(16)17/h5-8,11-12,15,18H,4,9-10H2,1-3H3. The Bertz CT molecular complexity index is 373. The van der Waals surface area contributed by atoms with Gasteiger partial charge in [0.1, 0.15) is 5.75 Å². The van der Waals surface area contributed by atoms with Gasteiger partial charge in [-0.05, 0) is 49.5 Å². The maximum atomic E-state index is 12.1. The summed E-state index contributed by atoms with van der Waals surface area (Å²) in [4.78, 5) is 0. The smallest absolute Gasteiger partial charge is 0.387 e. The third-order valence-corrected chi connectivity index (χ3v) is 3.97. The van der Waals surface area contributed by atoms with E-state index in [2.05, 4.69) is 30.8 Å². The van der Waals surface area contributed by atoms with Crippen molar-refractivity contribution >= 4 is 11.8 Å². The quantitative estimate of drug-likeness (QED) is 0.680. The Hall–Kier alpha value is -0.810. The highest BCUT2D eigenvalue weighted by Crippen LogP contribution is 2.20. The minimum Gasteiger partial charge on any atom is -0.435 e. The molecule has 5 heteroatoms. The van der Waals surface area contributed by atoms with Crippen LogP contribution in [-0.4, -0.2) is 24.2 Å². The van der Waals surface area contributed by atoms with E-state index >= 15 is 0 Å². The predicted molar refractivity (Wildman–Crippen MR) is 81.7 cm³/mol. The van der Waals surface area contributed by atoms with E-state index in [4.69, 9.17) is 0 Å². The van der Waals surface area contributed by atoms with Gasteiger partial charge in [0.2, 0.25) is 0 Å². The molecule has 0 fully saturated rings. The highest BCUT2D eigenvalue weighted by Gasteiger charge is 2.10. The van der Waals surface area contributed by atoms with Crippen molar-refractivity contribution in [3.8, 4) is 5.75 Å². The average Bonchev–Trinajstić information content (AvgIpc) is 2.39. The second-order valence-corrected chi connectivity index (χ2v) is 6.12. The molecule has 0 saturated heterocycles. The summed E-state index contributed by atoms with van der Waals surface area (Å²) in [6, 6.07) is 7.43. The molecule has 2 unspecified atom stereocenters. The fraction of sp³-hybridized carbons (Fsp3) is 0.600. The second kappa shape index (κ2) is 9.19. The van der Waals surface area contributed by atoms with Gasteiger partial charge >= 0.3 is 6.61 Å². The van der Waals surface area contributed by atoms with Crippen molar-refractivity contribution < 1.29 is 13.5 Å². The van der Waals surface area contributed by atoms with Crippen molar-refractivity contribution in [1.29, 1.82) is 0 Å². The third-order valence-electron chi connectivity index (χ3n) is 3.04. The summed E-state index contributed by atoms with van der Waals surface area (Å²) in [7, 11) is 0. The van der Waals surface area contributed by atoms with E-state index in [0.29, 0.717) is 6.04 Å². The van der Waals surface area contributed by atoms with Crippen LogP contribution in [0, 0.1) is 0 Å². The highest BCUT2D eigenvalue weighted by molar-refractivity contribution is 7.99. The maximum Gasteiger partial charge on any atom is 0.387 e. The van der Waals surface area contributed by atoms with Crippen molar-refractivity contribution in [2.45, 2.75) is 45.9 Å². The molecule has 2 atom stereocenters. The number of nitrogens with one attached hydrogen (secondary N) is 1. The van der Waals surface area contributed by atoms with Crippen molar-refractivity contribution in [1.82, 2.24) is 5.32 Å². The molecular formula is C15H23F2NOS. The number of hydrogen-bond donors (Lipinski definition) is 1. The average molecular weight is 303 g/mol. The summed E-state index contributed by atoms with van der Waals surface area (Å²) >= 11 is 1.94. The van der Waals surface area contributed by atoms with Gasteiger partial charge in [-0.15, -0.1) is 0 Å². The molecule has 0 aliphatic carbocycles. The van der Waals surface area contributed by atoms with E-state index in [1.165, 1.54) is 0 Å². The summed E-state index contributed by atoms with van der Waals surface area (Å²) in [6.45, 7) is 3.63. The molecule has 0 heterocycles. The summed E-state index contributed by atoms with van der Waals surface area (Å²) < 4.78 is 28.5. The molecule has 0 aromatic heterocycles. The number of halogens is 2. The Morgan fingerprint density at radius 3 is 2.40 bits per heavy atom. The Morgan fingerprint density at radius 1 is 1.20 bits per heavy atom. The van der Waals surface area contributed by atoms with Crippen molar-refractivity contribution in [3.63, 3.8) is 0 Å². The van der Waals surface area contributed by atoms with E-state index in [1.807, 2.05) is 23.9 Å². The first kappa shape index (κ1) is 17.2. The van der Waals surface area contributed by atoms with E-state index in [9.17, 15) is 8.78 Å². The fourth-order valence-corrected chi connectivity index (χ4v) is 2.76. The van der Waals surface area contributed by atoms with Crippen LogP contribution in [0.25, 0.3) is 0 Å². The molecule has 114 valence electrons. The lowest BCUT2D eigenvalue weighted by molar-refractivity contribution is -0.0498. The topological polar surface area (TPSA) is 21.3 Å². The Kier molecular flexibility index (Phi) is 7.92. The van der Waals surface area contributed by atoms with Gasteiger partial charge < -0.3 is 10.1 Å². The number of thioether (sulfide) groups is 1. The number of alkyl halides is 2. The molecule has 0 spiro atoms. The summed E-state index contributed by atoms with van der Waals surface area (Å²) in [5.41, 5.74) is 1.07. The molecular weight excluding hydrogens is 280 g/mol. The van der Waals surface area contributed by atoms with Crippen LogP contribution >= 0.6 is 11.8 Å². The third kappa shape index (κ3) is 6.57. The molecule has 20 heavy (non-hydrogen) atoms. The maximum absolute atomic E-state index is 12.1. The Balaban J connectivity index is 2.44. The van der Waals surface area contributed by atoms with Crippen LogP contribution in [-0.2, 0) is 0 Å². The first-order valence-corrected chi connectivity index (χ1v) is 8.07. The minimum absolute atomic E-state index is 0.192. The first-order chi connectivity index (χ1) is 9.52. The highest BCUT2D eigenvalue weighted by atomic mass is 32.2. The van der Waals surface area contributed by atoms with Crippen molar-refractivity contribution in [2.24, 2.45) is 0 Å². The largest absolute Gasteiger partial charge is 0.435 e. The van der Waals surface area contributed by atoms with Gasteiger partial charge in [-0.2, -0.15) is 20.5 Å². The number of benzene rings is 1. The monoisotopic (exact) mass is 303 g/mol. The summed E-state index contributed by atoms with van der Waals surface area (Å²) in [5.74, 6) is 2.50. The molecule has 0 aliphatic heterocycles. The molecule has 1 rings (SSSR count). The van der Waals surface area contributed by atoms with Gasteiger partial charge in [0.15, 0.2) is 0 Å². The second-order valence-electron chi connectivity index (χ2n) is 4.72. The zero-order valence-corrected chi connectivity index (χ0v) is 13.1. The lowest BCUT2D eigenvalue weighted by Crippen LogP contribution is -2.29. The van der Waals surface area contributed by atoms with E-state index in [0.717, 1.165) is 23.5 Å². The molecule has 0 aliphatic rings. The summed E-state index contributed by atoms with van der Waals surface area (Å²) in [5, 5.41) is 3.51. The van der Waals surface area contributed by atoms with Crippen molar-refractivity contribution in [2.75, 3.05) is 11.5 Å². The molecule has 0 radical (unpaired) electrons. The summed E-state index contributed by atoms with van der Waals surface area (Å²) in [6.07, 6.45) is 1.12. The Morgan fingerprint density at radius 2 is 1.85 bits per heavy atom. The SMILES string of the molecule is CCSCCC(C)NC(C)c1ccc(OC(F)F)cc1. The van der Waals surface area contributed by atoms with Crippen LogP contribution in [0.5, 0.6) is 5.75 Å². The minimum atomic E-state index is -2.77. The van der Waals surface area contributed by atoms with Gasteiger partial charge in [-0.3, -0.25) is 0 Å². The number of hydrogen-bond acceptors (Lipinski definition) is 3. The van der Waals surface area contributed by atoms with Gasteiger partial charge in [0, 0.05) is 12.1 Å². The molecule has 0 bridgehead atoms. The molecule has 1 aromatic rings. The predicted octanol–water partition coefficient (Wildman–Crippen LogP) is 4.47. The zero-order valence-electron chi connectivity index (χ0n) is 12.2. The molecule has 2 nitrogen and oxygen atoms in total. The lowest BCUT2D eigenvalue weighted by atomic mass is 10.1. The molecule has 1 N–H and O–H groups in total. The van der Waals surface area contributed by atoms with E-state index in [1.54, 1.807) is 12.1 Å². The number of ether oxygens (including phenoxy) is 1. The van der Waals surface area contributed by atoms with Gasteiger partial charge in [-0.25, -0.2) is 0 Å². The number of rotatable bonds is 9. The van der Waals surface area contributed by atoms with E-state index < -0.39 is 6.61 Å². The van der Waals surface area contributed by atoms with Crippen LogP contribution in [0.2, 0.25) is 0 Å². The van der Waals surface area contributed by atoms with Crippen LogP contribution in [0.1, 0.15) is 38.8 Å². The first-order valence-electron chi connectivity index (χ1n) is 6.91. The van der Waals surface area contributed by atoms with Crippen LogP contribution < -0.4 is 10.1 Å². The zero-order chi connectivity index (χ0) is 15.0. The van der Waals surface area contributed by atoms with Crippen LogP contribution in [0.3, 0.4) is 0 Å². The van der Waals surface area contributed by atoms with Gasteiger partial charge in [-0.1, -0.05) is 19.1 Å². The van der Waals surface area contributed by atoms with E-state index in [-0.39, 0.29) is 11.8 Å². The molecule has 0 saturated carbocycles. The Labute approximate surface area is 124 Å². The molecule has 1 aromatic carbocycles. The van der Waals surface area contributed by atoms with Crippen LogP contribution in [0.15, 0.2) is 24.3 Å². The lowest BCUT2D eigenvalue weighted by Gasteiger charge is -2.20. The van der Waals surface area contributed by atoms with Gasteiger partial charge in [0.05, 0.1) is 0 Å². The fourth-order valence-electron chi connectivity index (χ4n) is 1.95. The van der Waals surface area contributed by atoms with Gasteiger partial charge in [0.25, 0.3) is 0 Å². The normalized spacial score (nSPS) is 14.3.